The molecule has 0 aromatic carbocycles. The molecule has 0 aromatic rings. The van der Waals surface area contributed by atoms with Crippen molar-refractivity contribution in [1.29, 1.82) is 0 Å². The van der Waals surface area contributed by atoms with Gasteiger partial charge in [-0.15, -0.1) is 0 Å². The molecule has 1 spiro atoms. The second-order valence-electron chi connectivity index (χ2n) is 5.20. The normalized spacial score (nSPS) is 33.9. The van der Waals surface area contributed by atoms with Crippen LogP contribution < -0.4 is 0 Å². The van der Waals surface area contributed by atoms with Crippen LogP contribution >= 0.6 is 0 Å². The van der Waals surface area contributed by atoms with E-state index in [0.717, 1.165) is 17.9 Å². The highest BCUT2D eigenvalue weighted by atomic mass is 16.6. The summed E-state index contributed by atoms with van der Waals surface area (Å²) < 4.78 is 5.43. The molecule has 17 heavy (non-hydrogen) atoms. The Morgan fingerprint density at radius 3 is 3.00 bits per heavy atom. The lowest BCUT2D eigenvalue weighted by Crippen LogP contribution is -2.15. The fraction of sp³-hybridized carbons (Fsp3) is 0.125. The van der Waals surface area contributed by atoms with Crippen molar-refractivity contribution in [3.8, 4) is 0 Å². The zero-order valence-corrected chi connectivity index (χ0v) is 9.23. The van der Waals surface area contributed by atoms with Gasteiger partial charge in [0.1, 0.15) is 0 Å². The number of rotatable bonds is 0. The third kappa shape index (κ3) is 0.872. The van der Waals surface area contributed by atoms with Crippen molar-refractivity contribution in [2.24, 2.45) is 5.41 Å². The molecule has 0 saturated heterocycles. The van der Waals surface area contributed by atoms with Gasteiger partial charge in [-0.05, 0) is 35.3 Å². The molecule has 0 saturated carbocycles. The topological polar surface area (TPSA) is 12.5 Å². The lowest BCUT2D eigenvalue weighted by Gasteiger charge is -2.26. The van der Waals surface area contributed by atoms with Crippen LogP contribution in [0, 0.1) is 5.41 Å². The molecule has 80 valence electrons. The maximum atomic E-state index is 5.43. The van der Waals surface area contributed by atoms with E-state index in [-0.39, 0.29) is 5.41 Å². The van der Waals surface area contributed by atoms with Crippen molar-refractivity contribution < 1.29 is 4.74 Å². The first-order valence-corrected chi connectivity index (χ1v) is 6.00. The van der Waals surface area contributed by atoms with Gasteiger partial charge >= 0.3 is 0 Å². The smallest absolute Gasteiger partial charge is 0.177 e. The predicted molar refractivity (Wildman–Crippen MR) is 65.8 cm³/mol. The minimum Gasteiger partial charge on any atom is -0.449 e. The minimum atomic E-state index is 0.109. The molecule has 2 bridgehead atoms. The molecule has 1 unspecified atom stereocenters. The Bertz CT molecular complexity index is 689. The van der Waals surface area contributed by atoms with Crippen molar-refractivity contribution in [3.05, 3.63) is 82.4 Å². The molecule has 1 heteroatoms. The van der Waals surface area contributed by atoms with Crippen LogP contribution in [0.15, 0.2) is 82.4 Å². The summed E-state index contributed by atoms with van der Waals surface area (Å²) in [6, 6.07) is 0. The summed E-state index contributed by atoms with van der Waals surface area (Å²) in [5.74, 6) is 2.14. The van der Waals surface area contributed by atoms with Gasteiger partial charge in [-0.3, -0.25) is 0 Å². The Labute approximate surface area is 99.5 Å². The minimum absolute atomic E-state index is 0.109. The summed E-state index contributed by atoms with van der Waals surface area (Å²) in [4.78, 5) is 0. The highest BCUT2D eigenvalue weighted by Crippen LogP contribution is 2.53. The Morgan fingerprint density at radius 1 is 1.06 bits per heavy atom. The van der Waals surface area contributed by atoms with Crippen molar-refractivity contribution >= 4 is 0 Å². The van der Waals surface area contributed by atoms with Gasteiger partial charge < -0.3 is 4.74 Å². The number of allylic oxidation sites excluding steroid dienone is 11. The summed E-state index contributed by atoms with van der Waals surface area (Å²) in [6.45, 7) is 0. The van der Waals surface area contributed by atoms with Crippen LogP contribution in [-0.4, -0.2) is 0 Å². The molecular weight excluding hydrogens is 208 g/mol. The first kappa shape index (κ1) is 8.13. The third-order valence-corrected chi connectivity index (χ3v) is 4.20. The Hall–Kier alpha value is -2.02. The van der Waals surface area contributed by atoms with E-state index in [1.807, 2.05) is 0 Å². The number of hydrogen-bond donors (Lipinski definition) is 0. The van der Waals surface area contributed by atoms with Gasteiger partial charge in [0.05, 0.1) is 0 Å². The van der Waals surface area contributed by atoms with Gasteiger partial charge in [-0.2, -0.15) is 0 Å². The lowest BCUT2D eigenvalue weighted by molar-refractivity contribution is 0.482. The van der Waals surface area contributed by atoms with Gasteiger partial charge in [0.2, 0.25) is 0 Å². The maximum Gasteiger partial charge on any atom is 0.177 e. The Balaban J connectivity index is 1.79. The van der Waals surface area contributed by atoms with Gasteiger partial charge in [-0.25, -0.2) is 0 Å². The van der Waals surface area contributed by atoms with Crippen LogP contribution in [0.1, 0.15) is 6.42 Å². The van der Waals surface area contributed by atoms with Crippen molar-refractivity contribution in [3.63, 3.8) is 0 Å². The second-order valence-corrected chi connectivity index (χ2v) is 5.20. The fourth-order valence-electron chi connectivity index (χ4n) is 3.17. The standard InChI is InChI=1S/C16H10O/c1-2-12-8-13-11(7-14-15(13)17-14)4-6-16(12)5-3-10(1)9-16/h1-8H,9H2. The number of fused-ring (bicyclic) bond motifs is 3. The van der Waals surface area contributed by atoms with E-state index in [0.29, 0.717) is 0 Å². The summed E-state index contributed by atoms with van der Waals surface area (Å²) in [5.41, 5.74) is 5.48. The monoisotopic (exact) mass is 218 g/mol. The summed E-state index contributed by atoms with van der Waals surface area (Å²) >= 11 is 0. The third-order valence-electron chi connectivity index (χ3n) is 4.20. The maximum absolute atomic E-state index is 5.43. The zero-order chi connectivity index (χ0) is 11.0. The van der Waals surface area contributed by atoms with Gasteiger partial charge in [-0.1, -0.05) is 36.5 Å². The molecular formula is C16H10O. The molecule has 0 fully saturated rings. The van der Waals surface area contributed by atoms with Crippen molar-refractivity contribution in [2.45, 2.75) is 6.42 Å². The van der Waals surface area contributed by atoms with Crippen LogP contribution in [0.4, 0.5) is 0 Å². The molecule has 1 aliphatic heterocycles. The lowest BCUT2D eigenvalue weighted by atomic mass is 9.76. The average Bonchev–Trinajstić information content (AvgIpc) is 2.95. The predicted octanol–water partition coefficient (Wildman–Crippen LogP) is 3.48. The summed E-state index contributed by atoms with van der Waals surface area (Å²) in [5, 5.41) is 0. The Morgan fingerprint density at radius 2 is 2.00 bits per heavy atom. The van der Waals surface area contributed by atoms with Crippen molar-refractivity contribution in [1.82, 2.24) is 0 Å². The SMILES string of the molecule is C1=CC23C=CC4=CC5=C(O5)C4=CC2=CC=C1C3. The van der Waals surface area contributed by atoms with Gasteiger partial charge in [0, 0.05) is 11.0 Å². The van der Waals surface area contributed by atoms with Crippen molar-refractivity contribution in [2.75, 3.05) is 0 Å². The molecule has 1 nitrogen and oxygen atoms in total. The van der Waals surface area contributed by atoms with Crippen LogP contribution in [0.2, 0.25) is 0 Å². The fourth-order valence-corrected chi connectivity index (χ4v) is 3.17. The quantitative estimate of drug-likeness (QED) is 0.606. The van der Waals surface area contributed by atoms with Crippen LogP contribution in [-0.2, 0) is 4.74 Å². The van der Waals surface area contributed by atoms with E-state index < -0.39 is 0 Å². The molecule has 0 radical (unpaired) electrons. The highest BCUT2D eigenvalue weighted by molar-refractivity contribution is 5.70. The molecule has 0 aromatic heterocycles. The van der Waals surface area contributed by atoms with Crippen LogP contribution in [0.25, 0.3) is 0 Å². The van der Waals surface area contributed by atoms with E-state index in [1.54, 1.807) is 0 Å². The molecule has 1 heterocycles. The zero-order valence-electron chi connectivity index (χ0n) is 9.23. The summed E-state index contributed by atoms with van der Waals surface area (Å²) in [6.07, 6.45) is 19.2. The Kier molecular flexibility index (Phi) is 1.10. The number of hydrogen-bond acceptors (Lipinski definition) is 1. The first-order chi connectivity index (χ1) is 8.34. The van der Waals surface area contributed by atoms with E-state index in [9.17, 15) is 0 Å². The first-order valence-electron chi connectivity index (χ1n) is 6.00. The second kappa shape index (κ2) is 2.30. The van der Waals surface area contributed by atoms with E-state index in [1.165, 1.54) is 22.3 Å². The highest BCUT2D eigenvalue weighted by Gasteiger charge is 2.40. The molecule has 0 N–H and O–H groups in total. The summed E-state index contributed by atoms with van der Waals surface area (Å²) in [7, 11) is 0. The molecule has 0 amide bonds. The van der Waals surface area contributed by atoms with Gasteiger partial charge in [0.25, 0.3) is 0 Å². The molecule has 5 rings (SSSR count). The average molecular weight is 218 g/mol. The van der Waals surface area contributed by atoms with Crippen LogP contribution in [0.3, 0.4) is 0 Å². The largest absolute Gasteiger partial charge is 0.449 e. The van der Waals surface area contributed by atoms with Gasteiger partial charge in [0.15, 0.2) is 11.5 Å². The van der Waals surface area contributed by atoms with Crippen LogP contribution in [0.5, 0.6) is 0 Å². The van der Waals surface area contributed by atoms with E-state index in [2.05, 4.69) is 48.6 Å². The molecule has 5 aliphatic rings. The molecule has 4 aliphatic carbocycles. The number of ether oxygens (including phenoxy) is 1. The van der Waals surface area contributed by atoms with E-state index in [4.69, 9.17) is 4.74 Å². The van der Waals surface area contributed by atoms with E-state index >= 15 is 0 Å². The molecule has 1 atom stereocenters.